The van der Waals surface area contributed by atoms with E-state index in [9.17, 15) is 0 Å². The van der Waals surface area contributed by atoms with Gasteiger partial charge >= 0.3 is 0 Å². The Morgan fingerprint density at radius 1 is 1.10 bits per heavy atom. The Hall–Kier alpha value is -1.81. The van der Waals surface area contributed by atoms with Gasteiger partial charge < -0.3 is 15.5 Å². The van der Waals surface area contributed by atoms with Gasteiger partial charge in [0.05, 0.1) is 12.8 Å². The Bertz CT molecular complexity index is 546. The molecule has 0 saturated carbocycles. The maximum absolute atomic E-state index is 5.50. The zero-order chi connectivity index (χ0) is 15.1. The molecule has 4 nitrogen and oxygen atoms in total. The molecule has 2 rings (SSSR count). The number of nitrogens with two attached hydrogens (primary N) is 1. The number of benzene rings is 1. The normalized spacial score (nSPS) is 10.8. The number of imidazole rings is 1. The second-order valence-corrected chi connectivity index (χ2v) is 5.34. The van der Waals surface area contributed by atoms with E-state index in [1.165, 1.54) is 12.8 Å². The highest BCUT2D eigenvalue weighted by molar-refractivity contribution is 5.62. The van der Waals surface area contributed by atoms with Gasteiger partial charge in [0.25, 0.3) is 0 Å². The zero-order valence-corrected chi connectivity index (χ0v) is 13.0. The van der Waals surface area contributed by atoms with Crippen molar-refractivity contribution in [3.8, 4) is 17.0 Å². The van der Waals surface area contributed by atoms with Crippen LogP contribution < -0.4 is 10.5 Å². The smallest absolute Gasteiger partial charge is 0.118 e. The lowest BCUT2D eigenvalue weighted by atomic mass is 10.1. The Kier molecular flexibility index (Phi) is 5.81. The van der Waals surface area contributed by atoms with E-state index in [1.54, 1.807) is 7.11 Å². The maximum atomic E-state index is 5.50. The van der Waals surface area contributed by atoms with Crippen molar-refractivity contribution in [3.05, 3.63) is 35.8 Å². The van der Waals surface area contributed by atoms with Crippen molar-refractivity contribution in [3.63, 3.8) is 0 Å². The lowest BCUT2D eigenvalue weighted by Crippen LogP contribution is -1.98. The zero-order valence-electron chi connectivity index (χ0n) is 13.0. The summed E-state index contributed by atoms with van der Waals surface area (Å²) in [6.45, 7) is 2.87. The van der Waals surface area contributed by atoms with E-state index in [4.69, 9.17) is 15.5 Å². The molecule has 4 heteroatoms. The average molecular weight is 287 g/mol. The SMILES string of the molecule is COc1ccc(-c2nc(CCCCCCN)[nH]c2C)cc1. The minimum absolute atomic E-state index is 0.793. The Labute approximate surface area is 126 Å². The van der Waals surface area contributed by atoms with Crippen LogP contribution in [0.4, 0.5) is 0 Å². The topological polar surface area (TPSA) is 63.9 Å². The number of aromatic amines is 1. The van der Waals surface area contributed by atoms with Crippen LogP contribution in [0.3, 0.4) is 0 Å². The van der Waals surface area contributed by atoms with Crippen molar-refractivity contribution in [2.75, 3.05) is 13.7 Å². The van der Waals surface area contributed by atoms with Gasteiger partial charge in [-0.25, -0.2) is 4.98 Å². The fourth-order valence-electron chi connectivity index (χ4n) is 2.46. The molecule has 0 aliphatic carbocycles. The minimum atomic E-state index is 0.793. The number of ether oxygens (including phenoxy) is 1. The summed E-state index contributed by atoms with van der Waals surface area (Å²) in [5.74, 6) is 1.94. The van der Waals surface area contributed by atoms with Crippen LogP contribution in [-0.2, 0) is 6.42 Å². The van der Waals surface area contributed by atoms with E-state index in [1.807, 2.05) is 24.3 Å². The van der Waals surface area contributed by atoms with Gasteiger partial charge in [-0.3, -0.25) is 0 Å². The molecule has 0 fully saturated rings. The van der Waals surface area contributed by atoms with Crippen LogP contribution in [0.2, 0.25) is 0 Å². The minimum Gasteiger partial charge on any atom is -0.497 e. The van der Waals surface area contributed by atoms with E-state index < -0.39 is 0 Å². The monoisotopic (exact) mass is 287 g/mol. The second-order valence-electron chi connectivity index (χ2n) is 5.34. The number of aromatic nitrogens is 2. The van der Waals surface area contributed by atoms with Gasteiger partial charge in [-0.1, -0.05) is 12.8 Å². The molecule has 2 aromatic rings. The van der Waals surface area contributed by atoms with E-state index in [0.717, 1.165) is 54.3 Å². The number of aryl methyl sites for hydroxylation is 2. The second kappa shape index (κ2) is 7.84. The lowest BCUT2D eigenvalue weighted by Gasteiger charge is -2.01. The molecule has 1 heterocycles. The van der Waals surface area contributed by atoms with Crippen molar-refractivity contribution < 1.29 is 4.74 Å². The third-order valence-corrected chi connectivity index (χ3v) is 3.66. The molecule has 0 spiro atoms. The molecular formula is C17H25N3O. The first kappa shape index (κ1) is 15.6. The predicted octanol–water partition coefficient (Wildman–Crippen LogP) is 3.46. The summed E-state index contributed by atoms with van der Waals surface area (Å²) in [6.07, 6.45) is 5.71. The van der Waals surface area contributed by atoms with Crippen LogP contribution in [0.1, 0.15) is 37.2 Å². The number of nitrogens with zero attached hydrogens (tertiary/aromatic N) is 1. The summed E-state index contributed by atoms with van der Waals surface area (Å²) in [5, 5.41) is 0. The number of hydrogen-bond acceptors (Lipinski definition) is 3. The van der Waals surface area contributed by atoms with E-state index in [2.05, 4.69) is 11.9 Å². The molecule has 21 heavy (non-hydrogen) atoms. The molecule has 0 aliphatic rings. The summed E-state index contributed by atoms with van der Waals surface area (Å²) in [4.78, 5) is 8.13. The summed E-state index contributed by atoms with van der Waals surface area (Å²) < 4.78 is 5.19. The van der Waals surface area contributed by atoms with E-state index >= 15 is 0 Å². The largest absolute Gasteiger partial charge is 0.497 e. The summed E-state index contributed by atoms with van der Waals surface area (Å²) in [6, 6.07) is 8.03. The number of H-pyrrole nitrogens is 1. The van der Waals surface area contributed by atoms with Crippen molar-refractivity contribution >= 4 is 0 Å². The molecule has 0 bridgehead atoms. The van der Waals surface area contributed by atoms with Crippen LogP contribution in [0.5, 0.6) is 5.75 Å². The quantitative estimate of drug-likeness (QED) is 0.731. The average Bonchev–Trinajstić information content (AvgIpc) is 2.88. The maximum Gasteiger partial charge on any atom is 0.118 e. The molecule has 3 N–H and O–H groups in total. The number of nitrogens with one attached hydrogen (secondary N) is 1. The first-order chi connectivity index (χ1) is 10.2. The van der Waals surface area contributed by atoms with Crippen LogP contribution >= 0.6 is 0 Å². The van der Waals surface area contributed by atoms with Crippen molar-refractivity contribution in [1.29, 1.82) is 0 Å². The molecule has 0 aliphatic heterocycles. The van der Waals surface area contributed by atoms with Gasteiger partial charge in [0, 0.05) is 17.7 Å². The van der Waals surface area contributed by atoms with Gasteiger partial charge in [0.1, 0.15) is 11.6 Å². The lowest BCUT2D eigenvalue weighted by molar-refractivity contribution is 0.415. The highest BCUT2D eigenvalue weighted by atomic mass is 16.5. The Morgan fingerprint density at radius 3 is 2.48 bits per heavy atom. The highest BCUT2D eigenvalue weighted by Gasteiger charge is 2.09. The van der Waals surface area contributed by atoms with Crippen LogP contribution in [0.15, 0.2) is 24.3 Å². The molecule has 0 amide bonds. The van der Waals surface area contributed by atoms with Crippen LogP contribution in [0.25, 0.3) is 11.3 Å². The summed E-state index contributed by atoms with van der Waals surface area (Å²) in [7, 11) is 1.68. The first-order valence-corrected chi connectivity index (χ1v) is 7.64. The molecule has 1 aromatic carbocycles. The number of rotatable bonds is 8. The van der Waals surface area contributed by atoms with Gasteiger partial charge in [-0.15, -0.1) is 0 Å². The molecule has 1 aromatic heterocycles. The van der Waals surface area contributed by atoms with Gasteiger partial charge in [0.15, 0.2) is 0 Å². The van der Waals surface area contributed by atoms with Gasteiger partial charge in [-0.2, -0.15) is 0 Å². The van der Waals surface area contributed by atoms with Gasteiger partial charge in [0.2, 0.25) is 0 Å². The molecule has 0 radical (unpaired) electrons. The van der Waals surface area contributed by atoms with Crippen LogP contribution in [-0.4, -0.2) is 23.6 Å². The molecule has 0 saturated heterocycles. The standard InChI is InChI=1S/C17H25N3O/c1-13-17(14-8-10-15(21-2)11-9-14)20-16(19-13)7-5-3-4-6-12-18/h8-11H,3-7,12,18H2,1-2H3,(H,19,20). The fraction of sp³-hybridized carbons (Fsp3) is 0.471. The van der Waals surface area contributed by atoms with Crippen molar-refractivity contribution in [2.24, 2.45) is 5.73 Å². The summed E-state index contributed by atoms with van der Waals surface area (Å²) >= 11 is 0. The first-order valence-electron chi connectivity index (χ1n) is 7.64. The highest BCUT2D eigenvalue weighted by Crippen LogP contribution is 2.24. The Balaban J connectivity index is 1.97. The Morgan fingerprint density at radius 2 is 1.81 bits per heavy atom. The number of unbranched alkanes of at least 4 members (excludes halogenated alkanes) is 3. The van der Waals surface area contributed by atoms with Gasteiger partial charge in [-0.05, 0) is 50.6 Å². The van der Waals surface area contributed by atoms with E-state index in [-0.39, 0.29) is 0 Å². The van der Waals surface area contributed by atoms with E-state index in [0.29, 0.717) is 0 Å². The van der Waals surface area contributed by atoms with Crippen LogP contribution in [0, 0.1) is 6.92 Å². The molecule has 114 valence electrons. The summed E-state index contributed by atoms with van der Waals surface area (Å²) in [5.41, 5.74) is 8.79. The third kappa shape index (κ3) is 4.33. The number of methoxy groups -OCH3 is 1. The number of hydrogen-bond donors (Lipinski definition) is 2. The van der Waals surface area contributed by atoms with Crippen molar-refractivity contribution in [2.45, 2.75) is 39.0 Å². The molecular weight excluding hydrogens is 262 g/mol. The molecule has 0 atom stereocenters. The third-order valence-electron chi connectivity index (χ3n) is 3.66. The fourth-order valence-corrected chi connectivity index (χ4v) is 2.46. The van der Waals surface area contributed by atoms with Crippen molar-refractivity contribution in [1.82, 2.24) is 9.97 Å². The molecule has 0 unspecified atom stereocenters. The predicted molar refractivity (Wildman–Crippen MR) is 86.5 cm³/mol.